The van der Waals surface area contributed by atoms with E-state index in [2.05, 4.69) is 10.4 Å². The molecule has 1 N–H and O–H groups in total. The summed E-state index contributed by atoms with van der Waals surface area (Å²) in [5.41, 5.74) is 0.155. The number of carbonyl (C=O) groups is 1. The second-order valence-corrected chi connectivity index (χ2v) is 6.34. The Morgan fingerprint density at radius 1 is 1.39 bits per heavy atom. The Kier molecular flexibility index (Phi) is 6.09. The summed E-state index contributed by atoms with van der Waals surface area (Å²) < 4.78 is 16.9. The van der Waals surface area contributed by atoms with Gasteiger partial charge in [0, 0.05) is 38.8 Å². The first-order valence-corrected chi connectivity index (χ1v) is 8.83. The molecule has 0 radical (unpaired) electrons. The number of hydrogen-bond donors (Lipinski definition) is 1. The molecule has 1 saturated heterocycles. The molecule has 3 rings (SSSR count). The van der Waals surface area contributed by atoms with Crippen LogP contribution in [0.1, 0.15) is 17.0 Å². The van der Waals surface area contributed by atoms with Crippen molar-refractivity contribution in [2.24, 2.45) is 7.05 Å². The number of aromatic nitrogens is 2. The van der Waals surface area contributed by atoms with Gasteiger partial charge in [-0.25, -0.2) is 4.68 Å². The molecule has 2 aromatic heterocycles. The number of anilines is 1. The van der Waals surface area contributed by atoms with Crippen LogP contribution >= 0.6 is 0 Å². The lowest BCUT2D eigenvalue weighted by Gasteiger charge is -2.34. The maximum atomic E-state index is 12.1. The molecule has 3 heterocycles. The van der Waals surface area contributed by atoms with Gasteiger partial charge in [-0.2, -0.15) is 5.10 Å². The molecule has 1 aliphatic rings. The van der Waals surface area contributed by atoms with E-state index in [1.54, 1.807) is 19.3 Å². The van der Waals surface area contributed by atoms with E-state index in [1.807, 2.05) is 4.90 Å². The van der Waals surface area contributed by atoms with Gasteiger partial charge in [0.15, 0.2) is 5.76 Å². The van der Waals surface area contributed by atoms with Crippen molar-refractivity contribution in [1.82, 2.24) is 15.1 Å². The van der Waals surface area contributed by atoms with Gasteiger partial charge in [0.1, 0.15) is 6.26 Å². The Balaban J connectivity index is 1.52. The van der Waals surface area contributed by atoms with Gasteiger partial charge < -0.3 is 24.1 Å². The van der Waals surface area contributed by atoms with E-state index in [4.69, 9.17) is 13.9 Å². The zero-order valence-electron chi connectivity index (χ0n) is 15.7. The summed E-state index contributed by atoms with van der Waals surface area (Å²) >= 11 is 0. The highest BCUT2D eigenvalue weighted by Gasteiger charge is 2.22. The summed E-state index contributed by atoms with van der Waals surface area (Å²) in [5, 5.41) is 6.74. The minimum absolute atomic E-state index is 0.0393. The highest BCUT2D eigenvalue weighted by Crippen LogP contribution is 2.16. The van der Waals surface area contributed by atoms with E-state index in [0.29, 0.717) is 32.7 Å². The maximum absolute atomic E-state index is 12.1. The van der Waals surface area contributed by atoms with Gasteiger partial charge in [-0.3, -0.25) is 14.4 Å². The standard InChI is InChI=1S/C18H22N4O6/c1-21-17(24)7-12(9-20-21)22-5-6-27-13(10-22)3-4-19-18(25)15-8-14(23)16(26-2)11-28-15/h7-9,11,13H,3-6,10H2,1-2H3,(H,19,25)/t13-/m1/s1. The Hall–Kier alpha value is -3.14. The first-order valence-electron chi connectivity index (χ1n) is 8.83. The summed E-state index contributed by atoms with van der Waals surface area (Å²) in [5.74, 6) is -0.524. The summed E-state index contributed by atoms with van der Waals surface area (Å²) in [7, 11) is 2.95. The molecular weight excluding hydrogens is 368 g/mol. The van der Waals surface area contributed by atoms with Crippen LogP contribution in [0.3, 0.4) is 0 Å². The molecule has 10 heteroatoms. The number of carbonyl (C=O) groups excluding carboxylic acids is 1. The van der Waals surface area contributed by atoms with Gasteiger partial charge in [0.05, 0.1) is 31.7 Å². The number of methoxy groups -OCH3 is 1. The maximum Gasteiger partial charge on any atom is 0.287 e. The molecule has 150 valence electrons. The first kappa shape index (κ1) is 19.6. The molecule has 28 heavy (non-hydrogen) atoms. The van der Waals surface area contributed by atoms with Crippen molar-refractivity contribution in [3.63, 3.8) is 0 Å². The van der Waals surface area contributed by atoms with E-state index in [0.717, 1.165) is 18.0 Å². The Bertz CT molecular complexity index is 954. The van der Waals surface area contributed by atoms with Crippen molar-refractivity contribution in [1.29, 1.82) is 0 Å². The number of rotatable bonds is 6. The smallest absolute Gasteiger partial charge is 0.287 e. The molecule has 1 aliphatic heterocycles. The number of ether oxygens (including phenoxy) is 2. The lowest BCUT2D eigenvalue weighted by Crippen LogP contribution is -2.44. The zero-order valence-corrected chi connectivity index (χ0v) is 15.7. The third-order valence-electron chi connectivity index (χ3n) is 4.45. The van der Waals surface area contributed by atoms with E-state index in [1.165, 1.54) is 11.8 Å². The number of nitrogens with one attached hydrogen (secondary N) is 1. The van der Waals surface area contributed by atoms with Crippen molar-refractivity contribution >= 4 is 11.6 Å². The number of nitrogens with zero attached hydrogens (tertiary/aromatic N) is 3. The summed E-state index contributed by atoms with van der Waals surface area (Å²) in [6.45, 7) is 2.11. The summed E-state index contributed by atoms with van der Waals surface area (Å²) in [6.07, 6.45) is 3.22. The minimum atomic E-state index is -0.483. The van der Waals surface area contributed by atoms with Gasteiger partial charge in [-0.1, -0.05) is 0 Å². The molecule has 1 fully saturated rings. The quantitative estimate of drug-likeness (QED) is 0.719. The van der Waals surface area contributed by atoms with Crippen molar-refractivity contribution in [3.8, 4) is 5.75 Å². The van der Waals surface area contributed by atoms with Gasteiger partial charge in [0.25, 0.3) is 11.5 Å². The Labute approximate surface area is 160 Å². The monoisotopic (exact) mass is 390 g/mol. The van der Waals surface area contributed by atoms with Crippen molar-refractivity contribution < 1.29 is 18.7 Å². The zero-order chi connectivity index (χ0) is 20.1. The molecule has 0 spiro atoms. The van der Waals surface area contributed by atoms with Crippen molar-refractivity contribution in [2.45, 2.75) is 12.5 Å². The fourth-order valence-electron chi connectivity index (χ4n) is 2.86. The van der Waals surface area contributed by atoms with Crippen LogP contribution < -0.4 is 25.9 Å². The normalized spacial score (nSPS) is 16.6. The van der Waals surface area contributed by atoms with E-state index in [9.17, 15) is 14.4 Å². The van der Waals surface area contributed by atoms with E-state index < -0.39 is 11.3 Å². The summed E-state index contributed by atoms with van der Waals surface area (Å²) in [6, 6.07) is 2.64. The second-order valence-electron chi connectivity index (χ2n) is 6.34. The first-order chi connectivity index (χ1) is 13.5. The molecule has 0 unspecified atom stereocenters. The average molecular weight is 390 g/mol. The Morgan fingerprint density at radius 2 is 2.21 bits per heavy atom. The highest BCUT2D eigenvalue weighted by molar-refractivity contribution is 5.91. The third kappa shape index (κ3) is 4.58. The predicted molar refractivity (Wildman–Crippen MR) is 99.9 cm³/mol. The van der Waals surface area contributed by atoms with E-state index >= 15 is 0 Å². The molecule has 2 aromatic rings. The lowest BCUT2D eigenvalue weighted by atomic mass is 10.2. The molecule has 0 saturated carbocycles. The highest BCUT2D eigenvalue weighted by atomic mass is 16.5. The van der Waals surface area contributed by atoms with Gasteiger partial charge in [-0.05, 0) is 6.42 Å². The molecule has 1 atom stereocenters. The third-order valence-corrected chi connectivity index (χ3v) is 4.45. The van der Waals surface area contributed by atoms with Crippen LogP contribution in [0.2, 0.25) is 0 Å². The Morgan fingerprint density at radius 3 is 2.93 bits per heavy atom. The van der Waals surface area contributed by atoms with Crippen molar-refractivity contribution in [2.75, 3.05) is 38.3 Å². The van der Waals surface area contributed by atoms with Crippen LogP contribution in [0.25, 0.3) is 0 Å². The molecule has 0 aliphatic carbocycles. The number of morpholine rings is 1. The van der Waals surface area contributed by atoms with Crippen LogP contribution in [-0.2, 0) is 11.8 Å². The molecule has 0 aromatic carbocycles. The largest absolute Gasteiger partial charge is 0.490 e. The molecule has 1 amide bonds. The van der Waals surface area contributed by atoms with Gasteiger partial charge in [0.2, 0.25) is 11.2 Å². The van der Waals surface area contributed by atoms with Crippen LogP contribution in [0.15, 0.2) is 38.6 Å². The SMILES string of the molecule is COc1coc(C(=O)NCC[C@@H]2CN(c3cnn(C)c(=O)c3)CCO2)cc1=O. The lowest BCUT2D eigenvalue weighted by molar-refractivity contribution is 0.0352. The number of amides is 1. The fraction of sp³-hybridized carbons (Fsp3) is 0.444. The van der Waals surface area contributed by atoms with Crippen LogP contribution in [0, 0.1) is 0 Å². The van der Waals surface area contributed by atoms with Gasteiger partial charge >= 0.3 is 0 Å². The van der Waals surface area contributed by atoms with Crippen LogP contribution in [0.4, 0.5) is 5.69 Å². The fourth-order valence-corrected chi connectivity index (χ4v) is 2.86. The molecule has 10 nitrogen and oxygen atoms in total. The topological polar surface area (TPSA) is 116 Å². The average Bonchev–Trinajstić information content (AvgIpc) is 2.70. The minimum Gasteiger partial charge on any atom is -0.490 e. The summed E-state index contributed by atoms with van der Waals surface area (Å²) in [4.78, 5) is 37.6. The van der Waals surface area contributed by atoms with Crippen LogP contribution in [-0.4, -0.2) is 55.1 Å². The van der Waals surface area contributed by atoms with Crippen LogP contribution in [0.5, 0.6) is 5.75 Å². The van der Waals surface area contributed by atoms with Gasteiger partial charge in [-0.15, -0.1) is 0 Å². The van der Waals surface area contributed by atoms with Crippen molar-refractivity contribution in [3.05, 3.63) is 50.9 Å². The molecular formula is C18H22N4O6. The number of aryl methyl sites for hydroxylation is 1. The number of hydrogen-bond acceptors (Lipinski definition) is 8. The molecule has 0 bridgehead atoms. The predicted octanol–water partition coefficient (Wildman–Crippen LogP) is -0.233. The van der Waals surface area contributed by atoms with E-state index in [-0.39, 0.29) is 23.2 Å². The second kappa shape index (κ2) is 8.70.